The smallest absolute Gasteiger partial charge is 0.146 e. The summed E-state index contributed by atoms with van der Waals surface area (Å²) in [6.45, 7) is 0.516. The summed E-state index contributed by atoms with van der Waals surface area (Å²) in [5.74, 6) is 1.28. The largest absolute Gasteiger partial charge is 0.489 e. The SMILES string of the molecule is Nc1ncnc2c1c(-c1cccc(OCc3ccccc3)c1)cn2C1CCC(O)CC1. The lowest BCUT2D eigenvalue weighted by molar-refractivity contribution is 0.111. The summed E-state index contributed by atoms with van der Waals surface area (Å²) >= 11 is 0. The van der Waals surface area contributed by atoms with Crippen LogP contribution in [0, 0.1) is 0 Å². The molecular formula is C25H26N4O2. The second kappa shape index (κ2) is 8.40. The minimum atomic E-state index is -0.198. The molecule has 1 saturated carbocycles. The molecule has 5 rings (SSSR count). The highest BCUT2D eigenvalue weighted by atomic mass is 16.5. The van der Waals surface area contributed by atoms with Gasteiger partial charge in [0.1, 0.15) is 30.1 Å². The van der Waals surface area contributed by atoms with E-state index in [4.69, 9.17) is 10.5 Å². The quantitative estimate of drug-likeness (QED) is 0.493. The van der Waals surface area contributed by atoms with Crippen LogP contribution in [0.4, 0.5) is 5.82 Å². The van der Waals surface area contributed by atoms with E-state index < -0.39 is 0 Å². The second-order valence-corrected chi connectivity index (χ2v) is 8.17. The molecule has 6 heteroatoms. The number of aliphatic hydroxyl groups excluding tert-OH is 1. The lowest BCUT2D eigenvalue weighted by atomic mass is 9.93. The van der Waals surface area contributed by atoms with E-state index in [1.54, 1.807) is 0 Å². The Morgan fingerprint density at radius 3 is 2.61 bits per heavy atom. The Bertz CT molecular complexity index is 1180. The van der Waals surface area contributed by atoms with E-state index >= 15 is 0 Å². The number of anilines is 1. The normalized spacial score (nSPS) is 18.9. The van der Waals surface area contributed by atoms with Gasteiger partial charge < -0.3 is 20.1 Å². The third-order valence-corrected chi connectivity index (χ3v) is 6.09. The van der Waals surface area contributed by atoms with E-state index in [0.717, 1.165) is 59.2 Å². The predicted octanol–water partition coefficient (Wildman–Crippen LogP) is 4.74. The van der Waals surface area contributed by atoms with Gasteiger partial charge in [0.15, 0.2) is 0 Å². The number of hydrogen-bond donors (Lipinski definition) is 2. The molecule has 1 fully saturated rings. The van der Waals surface area contributed by atoms with Gasteiger partial charge in [-0.2, -0.15) is 0 Å². The molecule has 2 heterocycles. The average Bonchev–Trinajstić information content (AvgIpc) is 3.20. The molecule has 0 amide bonds. The minimum absolute atomic E-state index is 0.198. The molecule has 2 aromatic heterocycles. The van der Waals surface area contributed by atoms with Gasteiger partial charge in [-0.25, -0.2) is 9.97 Å². The zero-order valence-electron chi connectivity index (χ0n) is 17.3. The van der Waals surface area contributed by atoms with Crippen molar-refractivity contribution in [2.45, 2.75) is 44.4 Å². The molecule has 0 saturated heterocycles. The number of aliphatic hydroxyl groups is 1. The summed E-state index contributed by atoms with van der Waals surface area (Å²) in [5.41, 5.74) is 10.3. The molecule has 6 nitrogen and oxygen atoms in total. The molecule has 0 bridgehead atoms. The highest BCUT2D eigenvalue weighted by molar-refractivity contribution is 6.00. The van der Waals surface area contributed by atoms with Crippen LogP contribution >= 0.6 is 0 Å². The van der Waals surface area contributed by atoms with Gasteiger partial charge in [0.25, 0.3) is 0 Å². The van der Waals surface area contributed by atoms with Gasteiger partial charge in [-0.15, -0.1) is 0 Å². The molecule has 1 aliphatic rings. The van der Waals surface area contributed by atoms with Crippen LogP contribution in [0.1, 0.15) is 37.3 Å². The summed E-state index contributed by atoms with van der Waals surface area (Å²) in [5, 5.41) is 10.8. The zero-order valence-corrected chi connectivity index (χ0v) is 17.3. The fraction of sp³-hybridized carbons (Fsp3) is 0.280. The van der Waals surface area contributed by atoms with Crippen LogP contribution in [0.3, 0.4) is 0 Å². The number of nitrogens with two attached hydrogens (primary N) is 1. The Kier molecular flexibility index (Phi) is 5.30. The third kappa shape index (κ3) is 3.99. The highest BCUT2D eigenvalue weighted by Crippen LogP contribution is 2.38. The first-order chi connectivity index (χ1) is 15.2. The molecule has 2 aromatic carbocycles. The van der Waals surface area contributed by atoms with E-state index in [-0.39, 0.29) is 6.10 Å². The van der Waals surface area contributed by atoms with Crippen molar-refractivity contribution >= 4 is 16.9 Å². The predicted molar refractivity (Wildman–Crippen MR) is 122 cm³/mol. The maximum absolute atomic E-state index is 9.91. The second-order valence-electron chi connectivity index (χ2n) is 8.17. The van der Waals surface area contributed by atoms with Gasteiger partial charge in [0, 0.05) is 17.8 Å². The number of nitrogen functional groups attached to an aromatic ring is 1. The molecule has 0 atom stereocenters. The Morgan fingerprint density at radius 1 is 1.00 bits per heavy atom. The summed E-state index contributed by atoms with van der Waals surface area (Å²) < 4.78 is 8.25. The minimum Gasteiger partial charge on any atom is -0.489 e. The Hall–Kier alpha value is -3.38. The highest BCUT2D eigenvalue weighted by Gasteiger charge is 2.24. The van der Waals surface area contributed by atoms with Crippen molar-refractivity contribution in [1.82, 2.24) is 14.5 Å². The van der Waals surface area contributed by atoms with Crippen molar-refractivity contribution in [3.05, 3.63) is 72.7 Å². The molecule has 1 aliphatic carbocycles. The van der Waals surface area contributed by atoms with Crippen LogP contribution in [0.5, 0.6) is 5.75 Å². The Morgan fingerprint density at radius 2 is 1.81 bits per heavy atom. The van der Waals surface area contributed by atoms with Crippen molar-refractivity contribution in [1.29, 1.82) is 0 Å². The fourth-order valence-corrected chi connectivity index (χ4v) is 4.44. The van der Waals surface area contributed by atoms with Crippen LogP contribution in [-0.4, -0.2) is 25.7 Å². The van der Waals surface area contributed by atoms with Crippen LogP contribution in [-0.2, 0) is 6.61 Å². The molecular weight excluding hydrogens is 388 g/mol. The number of fused-ring (bicyclic) bond motifs is 1. The van der Waals surface area contributed by atoms with E-state index in [1.807, 2.05) is 36.4 Å². The van der Waals surface area contributed by atoms with Gasteiger partial charge in [0.2, 0.25) is 0 Å². The van der Waals surface area contributed by atoms with Gasteiger partial charge in [-0.1, -0.05) is 42.5 Å². The summed E-state index contributed by atoms with van der Waals surface area (Å²) in [6.07, 6.45) is 6.93. The van der Waals surface area contributed by atoms with Gasteiger partial charge >= 0.3 is 0 Å². The molecule has 158 valence electrons. The third-order valence-electron chi connectivity index (χ3n) is 6.09. The first-order valence-corrected chi connectivity index (χ1v) is 10.8. The number of nitrogens with zero attached hydrogens (tertiary/aromatic N) is 3. The number of rotatable bonds is 5. The van der Waals surface area contributed by atoms with Gasteiger partial charge in [0.05, 0.1) is 11.5 Å². The number of ether oxygens (including phenoxy) is 1. The topological polar surface area (TPSA) is 86.2 Å². The van der Waals surface area contributed by atoms with Gasteiger partial charge in [-0.05, 0) is 48.9 Å². The first kappa shape index (κ1) is 19.6. The molecule has 0 spiro atoms. The molecule has 3 N–H and O–H groups in total. The summed E-state index contributed by atoms with van der Waals surface area (Å²) in [4.78, 5) is 8.80. The monoisotopic (exact) mass is 414 g/mol. The van der Waals surface area contributed by atoms with Crippen molar-refractivity contribution in [2.24, 2.45) is 0 Å². The van der Waals surface area contributed by atoms with Gasteiger partial charge in [-0.3, -0.25) is 0 Å². The van der Waals surface area contributed by atoms with Crippen molar-refractivity contribution in [3.63, 3.8) is 0 Å². The van der Waals surface area contributed by atoms with E-state index in [2.05, 4.69) is 38.9 Å². The van der Waals surface area contributed by atoms with Crippen LogP contribution < -0.4 is 10.5 Å². The maximum Gasteiger partial charge on any atom is 0.146 e. The molecule has 0 unspecified atom stereocenters. The zero-order chi connectivity index (χ0) is 21.2. The van der Waals surface area contributed by atoms with E-state index in [1.165, 1.54) is 6.33 Å². The van der Waals surface area contributed by atoms with E-state index in [0.29, 0.717) is 18.5 Å². The summed E-state index contributed by atoms with van der Waals surface area (Å²) in [7, 11) is 0. The average molecular weight is 415 g/mol. The lowest BCUT2D eigenvalue weighted by Crippen LogP contribution is -2.20. The molecule has 31 heavy (non-hydrogen) atoms. The van der Waals surface area contributed by atoms with Crippen molar-refractivity contribution < 1.29 is 9.84 Å². The first-order valence-electron chi connectivity index (χ1n) is 10.8. The van der Waals surface area contributed by atoms with Crippen LogP contribution in [0.15, 0.2) is 67.1 Å². The summed E-state index contributed by atoms with van der Waals surface area (Å²) in [6, 6.07) is 18.5. The van der Waals surface area contributed by atoms with Crippen molar-refractivity contribution in [2.75, 3.05) is 5.73 Å². The standard InChI is InChI=1S/C25H26N4O2/c26-24-23-22(14-29(25(23)28-16-27-24)19-9-11-20(30)12-10-19)18-7-4-8-21(13-18)31-15-17-5-2-1-3-6-17/h1-8,13-14,16,19-20,30H,9-12,15H2,(H2,26,27,28). The number of hydrogen-bond acceptors (Lipinski definition) is 5. The van der Waals surface area contributed by atoms with E-state index in [9.17, 15) is 5.11 Å². The number of aromatic nitrogens is 3. The van der Waals surface area contributed by atoms with Crippen molar-refractivity contribution in [3.8, 4) is 16.9 Å². The van der Waals surface area contributed by atoms with Crippen LogP contribution in [0.25, 0.3) is 22.2 Å². The number of benzene rings is 2. The van der Waals surface area contributed by atoms with Crippen LogP contribution in [0.2, 0.25) is 0 Å². The maximum atomic E-state index is 9.91. The lowest BCUT2D eigenvalue weighted by Gasteiger charge is -2.27. The Labute approximate surface area is 181 Å². The molecule has 4 aromatic rings. The Balaban J connectivity index is 1.50. The fourth-order valence-electron chi connectivity index (χ4n) is 4.44. The molecule has 0 aliphatic heterocycles. The molecule has 0 radical (unpaired) electrons.